The molecule has 1 N–H and O–H groups in total. The zero-order valence-electron chi connectivity index (χ0n) is 12.0. The molecule has 3 atom stereocenters. The molecule has 1 rings (SSSR count). The van der Waals surface area contributed by atoms with E-state index in [2.05, 4.69) is 38.0 Å². The standard InChI is InChI=1S/C15H31NS/c1-4-7-13-9-10-15(16-3)14(12-13)8-6-11-17-5-2/h13-16H,4-12H2,1-3H3. The highest BCUT2D eigenvalue weighted by molar-refractivity contribution is 7.99. The second-order valence-corrected chi connectivity index (χ2v) is 6.86. The van der Waals surface area contributed by atoms with Crippen LogP contribution in [0.25, 0.3) is 0 Å². The molecule has 0 aromatic rings. The summed E-state index contributed by atoms with van der Waals surface area (Å²) in [6, 6.07) is 0.801. The van der Waals surface area contributed by atoms with Gasteiger partial charge in [-0.1, -0.05) is 26.7 Å². The first kappa shape index (κ1) is 15.4. The summed E-state index contributed by atoms with van der Waals surface area (Å²) in [5.74, 6) is 4.61. The molecule has 0 radical (unpaired) electrons. The first-order valence-corrected chi connectivity index (χ1v) is 8.72. The van der Waals surface area contributed by atoms with Crippen LogP contribution in [0.4, 0.5) is 0 Å². The predicted octanol–water partition coefficient (Wildman–Crippen LogP) is 4.32. The summed E-state index contributed by atoms with van der Waals surface area (Å²) >= 11 is 2.10. The fourth-order valence-electron chi connectivity index (χ4n) is 3.32. The Balaban J connectivity index is 2.29. The van der Waals surface area contributed by atoms with E-state index in [4.69, 9.17) is 0 Å². The second kappa shape index (κ2) is 9.27. The van der Waals surface area contributed by atoms with Crippen LogP contribution in [0.2, 0.25) is 0 Å². The van der Waals surface area contributed by atoms with Gasteiger partial charge in [0.15, 0.2) is 0 Å². The van der Waals surface area contributed by atoms with E-state index in [1.807, 2.05) is 0 Å². The molecule has 17 heavy (non-hydrogen) atoms. The summed E-state index contributed by atoms with van der Waals surface area (Å²) in [5.41, 5.74) is 0. The van der Waals surface area contributed by atoms with Crippen LogP contribution in [-0.2, 0) is 0 Å². The maximum Gasteiger partial charge on any atom is 0.00925 e. The third-order valence-electron chi connectivity index (χ3n) is 4.23. The topological polar surface area (TPSA) is 12.0 Å². The zero-order valence-corrected chi connectivity index (χ0v) is 12.8. The average Bonchev–Trinajstić information content (AvgIpc) is 2.35. The molecule has 0 saturated heterocycles. The number of hydrogen-bond acceptors (Lipinski definition) is 2. The molecule has 0 amide bonds. The smallest absolute Gasteiger partial charge is 0.00925 e. The van der Waals surface area contributed by atoms with E-state index in [1.165, 1.54) is 56.5 Å². The van der Waals surface area contributed by atoms with Crippen LogP contribution in [0.5, 0.6) is 0 Å². The zero-order chi connectivity index (χ0) is 12.5. The molecule has 0 bridgehead atoms. The Bertz CT molecular complexity index is 184. The SMILES string of the molecule is CCCC1CCC(NC)C(CCCSCC)C1. The Kier molecular flexibility index (Phi) is 8.38. The van der Waals surface area contributed by atoms with Gasteiger partial charge in [-0.25, -0.2) is 0 Å². The van der Waals surface area contributed by atoms with Gasteiger partial charge >= 0.3 is 0 Å². The second-order valence-electron chi connectivity index (χ2n) is 5.46. The quantitative estimate of drug-likeness (QED) is 0.650. The Morgan fingerprint density at radius 2 is 2.00 bits per heavy atom. The van der Waals surface area contributed by atoms with Gasteiger partial charge in [-0.15, -0.1) is 0 Å². The minimum Gasteiger partial charge on any atom is -0.317 e. The van der Waals surface area contributed by atoms with Gasteiger partial charge in [0.25, 0.3) is 0 Å². The molecule has 102 valence electrons. The van der Waals surface area contributed by atoms with E-state index in [0.29, 0.717) is 0 Å². The molecule has 0 aliphatic heterocycles. The number of hydrogen-bond donors (Lipinski definition) is 1. The van der Waals surface area contributed by atoms with Crippen LogP contribution >= 0.6 is 11.8 Å². The number of thioether (sulfide) groups is 1. The fraction of sp³-hybridized carbons (Fsp3) is 1.00. The molecule has 1 fully saturated rings. The molecule has 3 unspecified atom stereocenters. The summed E-state index contributed by atoms with van der Waals surface area (Å²) in [6.07, 6.45) is 10.0. The molecular formula is C15H31NS. The molecule has 2 heteroatoms. The van der Waals surface area contributed by atoms with Crippen molar-refractivity contribution in [3.05, 3.63) is 0 Å². The normalized spacial score (nSPS) is 29.5. The van der Waals surface area contributed by atoms with Crippen molar-refractivity contribution < 1.29 is 0 Å². The highest BCUT2D eigenvalue weighted by Gasteiger charge is 2.28. The first-order chi connectivity index (χ1) is 8.31. The lowest BCUT2D eigenvalue weighted by atomic mass is 9.74. The van der Waals surface area contributed by atoms with Crippen LogP contribution in [0.3, 0.4) is 0 Å². The minimum absolute atomic E-state index is 0.801. The van der Waals surface area contributed by atoms with Crippen molar-refractivity contribution in [2.24, 2.45) is 11.8 Å². The Hall–Kier alpha value is 0.310. The largest absolute Gasteiger partial charge is 0.317 e. The van der Waals surface area contributed by atoms with Crippen molar-refractivity contribution in [1.29, 1.82) is 0 Å². The van der Waals surface area contributed by atoms with Crippen molar-refractivity contribution in [3.63, 3.8) is 0 Å². The Morgan fingerprint density at radius 1 is 1.18 bits per heavy atom. The van der Waals surface area contributed by atoms with Crippen molar-refractivity contribution in [1.82, 2.24) is 5.32 Å². The molecule has 0 aromatic carbocycles. The van der Waals surface area contributed by atoms with Gasteiger partial charge in [0.2, 0.25) is 0 Å². The molecule has 0 aromatic heterocycles. The number of nitrogens with one attached hydrogen (secondary N) is 1. The maximum absolute atomic E-state index is 3.55. The molecule has 1 nitrogen and oxygen atoms in total. The Labute approximate surface area is 113 Å². The molecule has 1 aliphatic rings. The van der Waals surface area contributed by atoms with E-state index in [9.17, 15) is 0 Å². The molecule has 0 heterocycles. The summed E-state index contributed by atoms with van der Waals surface area (Å²) < 4.78 is 0. The van der Waals surface area contributed by atoms with Crippen LogP contribution in [0.15, 0.2) is 0 Å². The van der Waals surface area contributed by atoms with Gasteiger partial charge in [-0.05, 0) is 62.5 Å². The van der Waals surface area contributed by atoms with Crippen LogP contribution < -0.4 is 5.32 Å². The van der Waals surface area contributed by atoms with Gasteiger partial charge in [-0.2, -0.15) is 11.8 Å². The highest BCUT2D eigenvalue weighted by atomic mass is 32.2. The molecule has 0 spiro atoms. The van der Waals surface area contributed by atoms with Gasteiger partial charge in [0.1, 0.15) is 0 Å². The van der Waals surface area contributed by atoms with Crippen molar-refractivity contribution in [2.75, 3.05) is 18.6 Å². The van der Waals surface area contributed by atoms with Crippen molar-refractivity contribution in [2.45, 2.75) is 64.8 Å². The van der Waals surface area contributed by atoms with Crippen LogP contribution in [-0.4, -0.2) is 24.6 Å². The summed E-state index contributed by atoms with van der Waals surface area (Å²) in [5, 5.41) is 3.55. The van der Waals surface area contributed by atoms with Gasteiger partial charge in [0.05, 0.1) is 0 Å². The number of rotatable bonds is 8. The summed E-state index contributed by atoms with van der Waals surface area (Å²) in [4.78, 5) is 0. The first-order valence-electron chi connectivity index (χ1n) is 7.56. The lowest BCUT2D eigenvalue weighted by molar-refractivity contribution is 0.191. The lowest BCUT2D eigenvalue weighted by Gasteiger charge is -2.36. The highest BCUT2D eigenvalue weighted by Crippen LogP contribution is 2.34. The van der Waals surface area contributed by atoms with Crippen LogP contribution in [0.1, 0.15) is 58.8 Å². The van der Waals surface area contributed by atoms with Gasteiger partial charge in [0, 0.05) is 6.04 Å². The molecule has 1 saturated carbocycles. The van der Waals surface area contributed by atoms with E-state index in [0.717, 1.165) is 17.9 Å². The molecule has 1 aliphatic carbocycles. The minimum atomic E-state index is 0.801. The van der Waals surface area contributed by atoms with Gasteiger partial charge in [-0.3, -0.25) is 0 Å². The van der Waals surface area contributed by atoms with E-state index in [1.54, 1.807) is 0 Å². The van der Waals surface area contributed by atoms with E-state index < -0.39 is 0 Å². The van der Waals surface area contributed by atoms with Crippen molar-refractivity contribution in [3.8, 4) is 0 Å². The van der Waals surface area contributed by atoms with Crippen LogP contribution in [0, 0.1) is 11.8 Å². The van der Waals surface area contributed by atoms with E-state index in [-0.39, 0.29) is 0 Å². The fourth-order valence-corrected chi connectivity index (χ4v) is 3.98. The van der Waals surface area contributed by atoms with E-state index >= 15 is 0 Å². The summed E-state index contributed by atoms with van der Waals surface area (Å²) in [6.45, 7) is 4.59. The third-order valence-corrected chi connectivity index (χ3v) is 5.21. The third kappa shape index (κ3) is 5.65. The monoisotopic (exact) mass is 257 g/mol. The van der Waals surface area contributed by atoms with Gasteiger partial charge < -0.3 is 5.32 Å². The maximum atomic E-state index is 3.55. The Morgan fingerprint density at radius 3 is 2.65 bits per heavy atom. The average molecular weight is 257 g/mol. The predicted molar refractivity (Wildman–Crippen MR) is 80.8 cm³/mol. The van der Waals surface area contributed by atoms with Crippen molar-refractivity contribution >= 4 is 11.8 Å². The summed E-state index contributed by atoms with van der Waals surface area (Å²) in [7, 11) is 2.15. The molecular weight excluding hydrogens is 226 g/mol. The lowest BCUT2D eigenvalue weighted by Crippen LogP contribution is -2.38.